The minimum absolute atomic E-state index is 0.0625. The first kappa shape index (κ1) is 19.1. The maximum absolute atomic E-state index is 12.3. The zero-order valence-electron chi connectivity index (χ0n) is 15.6. The molecule has 4 rings (SSSR count). The van der Waals surface area contributed by atoms with Crippen molar-refractivity contribution in [3.05, 3.63) is 48.0 Å². The zero-order valence-corrected chi connectivity index (χ0v) is 17.3. The third-order valence-electron chi connectivity index (χ3n) is 5.11. The molecule has 0 bridgehead atoms. The maximum Gasteiger partial charge on any atom is 0.224 e. The summed E-state index contributed by atoms with van der Waals surface area (Å²) in [4.78, 5) is 17.0. The first-order chi connectivity index (χ1) is 13.4. The molecule has 1 amide bonds. The van der Waals surface area contributed by atoms with Gasteiger partial charge in [0.2, 0.25) is 5.91 Å². The standard InChI is InChI=1S/C21H22N2O3S2/c1-14-2-7-18-19(12-14)27-21(23-18)16-3-5-17(6-4-16)22-20(24)13-15-8-10-28(25,26)11-9-15/h2-7,12,15H,8-11,13H2,1H3,(H,22,24). The highest BCUT2D eigenvalue weighted by atomic mass is 32.2. The molecule has 2 heterocycles. The molecular weight excluding hydrogens is 392 g/mol. The lowest BCUT2D eigenvalue weighted by molar-refractivity contribution is -0.117. The highest BCUT2D eigenvalue weighted by molar-refractivity contribution is 7.91. The van der Waals surface area contributed by atoms with Crippen molar-refractivity contribution in [3.8, 4) is 10.6 Å². The second-order valence-electron chi connectivity index (χ2n) is 7.42. The highest BCUT2D eigenvalue weighted by Crippen LogP contribution is 2.31. The van der Waals surface area contributed by atoms with Gasteiger partial charge in [0, 0.05) is 17.7 Å². The molecule has 0 atom stereocenters. The molecule has 1 aliphatic heterocycles. The lowest BCUT2D eigenvalue weighted by Crippen LogP contribution is -2.26. The summed E-state index contributed by atoms with van der Waals surface area (Å²) in [7, 11) is -2.89. The summed E-state index contributed by atoms with van der Waals surface area (Å²) in [5, 5.41) is 3.88. The Morgan fingerprint density at radius 1 is 1.14 bits per heavy atom. The molecule has 7 heteroatoms. The van der Waals surface area contributed by atoms with Gasteiger partial charge < -0.3 is 5.32 Å². The average Bonchev–Trinajstić information content (AvgIpc) is 3.07. The van der Waals surface area contributed by atoms with Gasteiger partial charge in [0.1, 0.15) is 14.8 Å². The Morgan fingerprint density at radius 3 is 2.57 bits per heavy atom. The van der Waals surface area contributed by atoms with E-state index in [2.05, 4.69) is 29.4 Å². The lowest BCUT2D eigenvalue weighted by atomic mass is 9.98. The molecule has 1 aromatic heterocycles. The molecule has 0 saturated carbocycles. The van der Waals surface area contributed by atoms with Gasteiger partial charge in [-0.15, -0.1) is 11.3 Å². The van der Waals surface area contributed by atoms with Crippen molar-refractivity contribution in [2.24, 2.45) is 5.92 Å². The molecule has 1 fully saturated rings. The summed E-state index contributed by atoms with van der Waals surface area (Å²) in [5.74, 6) is 0.476. The van der Waals surface area contributed by atoms with Crippen molar-refractivity contribution >= 4 is 43.0 Å². The molecule has 0 unspecified atom stereocenters. The van der Waals surface area contributed by atoms with E-state index in [-0.39, 0.29) is 23.3 Å². The largest absolute Gasteiger partial charge is 0.326 e. The number of hydrogen-bond donors (Lipinski definition) is 1. The predicted molar refractivity (Wildman–Crippen MR) is 114 cm³/mol. The molecule has 1 N–H and O–H groups in total. The predicted octanol–water partition coefficient (Wildman–Crippen LogP) is 4.43. The van der Waals surface area contributed by atoms with Crippen LogP contribution in [0.25, 0.3) is 20.8 Å². The molecule has 0 spiro atoms. The average molecular weight is 415 g/mol. The van der Waals surface area contributed by atoms with Gasteiger partial charge in [0.25, 0.3) is 0 Å². The van der Waals surface area contributed by atoms with Crippen molar-refractivity contribution in [1.29, 1.82) is 0 Å². The van der Waals surface area contributed by atoms with Crippen LogP contribution < -0.4 is 5.32 Å². The third kappa shape index (κ3) is 4.42. The molecule has 0 radical (unpaired) electrons. The quantitative estimate of drug-likeness (QED) is 0.685. The second-order valence-corrected chi connectivity index (χ2v) is 10.7. The Hall–Kier alpha value is -2.25. The molecule has 2 aromatic carbocycles. The van der Waals surface area contributed by atoms with E-state index in [0.717, 1.165) is 21.8 Å². The van der Waals surface area contributed by atoms with Gasteiger partial charge in [-0.1, -0.05) is 6.07 Å². The van der Waals surface area contributed by atoms with Gasteiger partial charge >= 0.3 is 0 Å². The fourth-order valence-electron chi connectivity index (χ4n) is 3.47. The SMILES string of the molecule is Cc1ccc2nc(-c3ccc(NC(=O)CC4CCS(=O)(=O)CC4)cc3)sc2c1. The van der Waals surface area contributed by atoms with E-state index in [9.17, 15) is 13.2 Å². The van der Waals surface area contributed by atoms with Crippen LogP contribution in [0.5, 0.6) is 0 Å². The fraction of sp³-hybridized carbons (Fsp3) is 0.333. The molecule has 146 valence electrons. The Bertz CT molecular complexity index is 1100. The molecule has 1 saturated heterocycles. The van der Waals surface area contributed by atoms with Crippen LogP contribution in [0.4, 0.5) is 5.69 Å². The van der Waals surface area contributed by atoms with E-state index < -0.39 is 9.84 Å². The first-order valence-electron chi connectivity index (χ1n) is 9.36. The van der Waals surface area contributed by atoms with E-state index in [0.29, 0.717) is 19.3 Å². The Kier molecular flexibility index (Phi) is 5.21. The number of aromatic nitrogens is 1. The summed E-state index contributed by atoms with van der Waals surface area (Å²) in [5.41, 5.74) is 3.98. The fourth-order valence-corrected chi connectivity index (χ4v) is 6.13. The summed E-state index contributed by atoms with van der Waals surface area (Å²) in [6.07, 6.45) is 1.52. The number of nitrogens with one attached hydrogen (secondary N) is 1. The van der Waals surface area contributed by atoms with Crippen molar-refractivity contribution < 1.29 is 13.2 Å². The number of hydrogen-bond acceptors (Lipinski definition) is 5. The first-order valence-corrected chi connectivity index (χ1v) is 12.0. The van der Waals surface area contributed by atoms with Crippen LogP contribution in [0.2, 0.25) is 0 Å². The van der Waals surface area contributed by atoms with Crippen molar-refractivity contribution in [3.63, 3.8) is 0 Å². The Balaban J connectivity index is 1.39. The van der Waals surface area contributed by atoms with E-state index in [1.807, 2.05) is 30.3 Å². The zero-order chi connectivity index (χ0) is 19.7. The minimum Gasteiger partial charge on any atom is -0.326 e. The monoisotopic (exact) mass is 414 g/mol. The van der Waals surface area contributed by atoms with Gasteiger partial charge in [0.15, 0.2) is 0 Å². The van der Waals surface area contributed by atoms with Gasteiger partial charge in [-0.3, -0.25) is 4.79 Å². The summed E-state index contributed by atoms with van der Waals surface area (Å²) < 4.78 is 24.1. The van der Waals surface area contributed by atoms with E-state index in [1.54, 1.807) is 11.3 Å². The Morgan fingerprint density at radius 2 is 1.86 bits per heavy atom. The molecule has 1 aliphatic rings. The number of thiazole rings is 1. The van der Waals surface area contributed by atoms with Crippen LogP contribution in [0.3, 0.4) is 0 Å². The second kappa shape index (κ2) is 7.64. The molecule has 3 aromatic rings. The van der Waals surface area contributed by atoms with Gasteiger partial charge in [-0.2, -0.15) is 0 Å². The van der Waals surface area contributed by atoms with Crippen LogP contribution >= 0.6 is 11.3 Å². The van der Waals surface area contributed by atoms with Crippen LogP contribution in [0.15, 0.2) is 42.5 Å². The van der Waals surface area contributed by atoms with Crippen LogP contribution in [-0.4, -0.2) is 30.8 Å². The summed E-state index contributed by atoms with van der Waals surface area (Å²) in [6, 6.07) is 13.9. The number of benzene rings is 2. The van der Waals surface area contributed by atoms with Crippen LogP contribution in [-0.2, 0) is 14.6 Å². The smallest absolute Gasteiger partial charge is 0.224 e. The molecule has 0 aliphatic carbocycles. The number of amides is 1. The molecule has 28 heavy (non-hydrogen) atoms. The topological polar surface area (TPSA) is 76.1 Å². The number of rotatable bonds is 4. The maximum atomic E-state index is 12.3. The van der Waals surface area contributed by atoms with Crippen LogP contribution in [0.1, 0.15) is 24.8 Å². The normalized spacial score (nSPS) is 16.9. The van der Waals surface area contributed by atoms with E-state index in [4.69, 9.17) is 0 Å². The van der Waals surface area contributed by atoms with Crippen LogP contribution in [0, 0.1) is 12.8 Å². The number of aryl methyl sites for hydroxylation is 1. The number of nitrogens with zero attached hydrogens (tertiary/aromatic N) is 1. The van der Waals surface area contributed by atoms with Gasteiger partial charge in [0.05, 0.1) is 21.7 Å². The van der Waals surface area contributed by atoms with Crippen molar-refractivity contribution in [2.45, 2.75) is 26.2 Å². The van der Waals surface area contributed by atoms with Gasteiger partial charge in [-0.25, -0.2) is 13.4 Å². The number of carbonyl (C=O) groups is 1. The molecular formula is C21H22N2O3S2. The molecule has 5 nitrogen and oxygen atoms in total. The highest BCUT2D eigenvalue weighted by Gasteiger charge is 2.25. The Labute approximate surface area is 168 Å². The summed E-state index contributed by atoms with van der Waals surface area (Å²) >= 11 is 1.66. The minimum atomic E-state index is -2.89. The lowest BCUT2D eigenvalue weighted by Gasteiger charge is -2.21. The van der Waals surface area contributed by atoms with E-state index in [1.165, 1.54) is 10.3 Å². The third-order valence-corrected chi connectivity index (χ3v) is 7.89. The number of fused-ring (bicyclic) bond motifs is 1. The number of anilines is 1. The van der Waals surface area contributed by atoms with Crippen molar-refractivity contribution in [1.82, 2.24) is 4.98 Å². The number of sulfone groups is 1. The summed E-state index contributed by atoms with van der Waals surface area (Å²) in [6.45, 7) is 2.07. The number of carbonyl (C=O) groups excluding carboxylic acids is 1. The van der Waals surface area contributed by atoms with E-state index >= 15 is 0 Å². The van der Waals surface area contributed by atoms with Gasteiger partial charge in [-0.05, 0) is 67.6 Å². The van der Waals surface area contributed by atoms with Crippen molar-refractivity contribution in [2.75, 3.05) is 16.8 Å².